The van der Waals surface area contributed by atoms with Gasteiger partial charge in [0.15, 0.2) is 22.3 Å². The largest absolute Gasteiger partial charge is 0.465 e. The molecule has 0 aliphatic carbocycles. The van der Waals surface area contributed by atoms with E-state index in [-0.39, 0.29) is 22.7 Å². The minimum absolute atomic E-state index is 0.151. The number of imidazole rings is 2. The summed E-state index contributed by atoms with van der Waals surface area (Å²) >= 11 is 0. The summed E-state index contributed by atoms with van der Waals surface area (Å²) in [5.41, 5.74) is 0.573. The highest BCUT2D eigenvalue weighted by atomic mass is 16.4. The van der Waals surface area contributed by atoms with Crippen LogP contribution in [0.4, 0.5) is 10.7 Å². The minimum atomic E-state index is -1.30. The number of aromatic amines is 4. The van der Waals surface area contributed by atoms with E-state index in [4.69, 9.17) is 5.11 Å². The third-order valence-electron chi connectivity index (χ3n) is 2.75. The van der Waals surface area contributed by atoms with Crippen LogP contribution in [0, 0.1) is 0 Å². The molecule has 13 heteroatoms. The molecule has 0 bridgehead atoms. The van der Waals surface area contributed by atoms with Gasteiger partial charge in [-0.25, -0.2) is 19.7 Å². The Hall–Kier alpha value is -4.03. The molecule has 122 valence electrons. The summed E-state index contributed by atoms with van der Waals surface area (Å²) in [4.78, 5) is 57.3. The average Bonchev–Trinajstić information content (AvgIpc) is 3.16. The Morgan fingerprint density at radius 3 is 2.12 bits per heavy atom. The van der Waals surface area contributed by atoms with Crippen molar-refractivity contribution in [2.24, 2.45) is 0 Å². The molecule has 0 unspecified atom stereocenters. The van der Waals surface area contributed by atoms with Crippen molar-refractivity contribution in [3.63, 3.8) is 0 Å². The number of H-pyrrole nitrogens is 4. The van der Waals surface area contributed by atoms with Gasteiger partial charge in [0.2, 0.25) is 5.95 Å². The van der Waals surface area contributed by atoms with Gasteiger partial charge in [-0.15, -0.1) is 0 Å². The molecule has 0 aliphatic rings. The highest BCUT2D eigenvalue weighted by Gasteiger charge is 2.06. The summed E-state index contributed by atoms with van der Waals surface area (Å²) in [5.74, 6) is -0.151. The molecule has 4 rings (SSSR count). The van der Waals surface area contributed by atoms with Crippen LogP contribution < -0.4 is 16.4 Å². The molecule has 24 heavy (non-hydrogen) atoms. The predicted octanol–water partition coefficient (Wildman–Crippen LogP) is -0.618. The van der Waals surface area contributed by atoms with E-state index in [1.165, 1.54) is 19.0 Å². The summed E-state index contributed by atoms with van der Waals surface area (Å²) in [6.07, 6.45) is 2.76. The van der Waals surface area contributed by atoms with Gasteiger partial charge in [0.05, 0.1) is 19.0 Å². The van der Waals surface area contributed by atoms with Gasteiger partial charge < -0.3 is 20.1 Å². The van der Waals surface area contributed by atoms with E-state index in [1.54, 1.807) is 0 Å². The summed E-state index contributed by atoms with van der Waals surface area (Å²) in [6, 6.07) is 0. The van der Waals surface area contributed by atoms with E-state index in [1.807, 2.05) is 5.32 Å². The maximum atomic E-state index is 11.2. The number of carbonyl (C=O) groups is 1. The van der Waals surface area contributed by atoms with Crippen LogP contribution in [0.3, 0.4) is 0 Å². The van der Waals surface area contributed by atoms with E-state index in [0.29, 0.717) is 11.2 Å². The standard InChI is InChI=1S/C6H5N5O3.C5H4N4O/c12-4-2-3(8-1-7-2)9-5(10-4)11-6(13)14;10-5-3-4(7-1-6-3)8-2-9-5/h1H,(H,13,14)(H3,7,8,9,10,11,12);1-2H,(H2,6,7,8,9,10). The Morgan fingerprint density at radius 2 is 1.50 bits per heavy atom. The summed E-state index contributed by atoms with van der Waals surface area (Å²) < 4.78 is 0. The van der Waals surface area contributed by atoms with Crippen LogP contribution >= 0.6 is 0 Å². The Labute approximate surface area is 130 Å². The van der Waals surface area contributed by atoms with Crippen molar-refractivity contribution < 1.29 is 9.90 Å². The lowest BCUT2D eigenvalue weighted by molar-refractivity contribution is 0.209. The molecule has 1 amide bonds. The topological polar surface area (TPSA) is 198 Å². The fourth-order valence-electron chi connectivity index (χ4n) is 1.78. The molecule has 0 aliphatic heterocycles. The first-order valence-corrected chi connectivity index (χ1v) is 6.34. The van der Waals surface area contributed by atoms with Crippen LogP contribution in [0.2, 0.25) is 0 Å². The summed E-state index contributed by atoms with van der Waals surface area (Å²) in [6.45, 7) is 0. The third kappa shape index (κ3) is 2.94. The first-order chi connectivity index (χ1) is 11.5. The molecule has 4 heterocycles. The lowest BCUT2D eigenvalue weighted by Gasteiger charge is -1.97. The molecule has 6 N–H and O–H groups in total. The van der Waals surface area contributed by atoms with Crippen molar-refractivity contribution in [2.75, 3.05) is 5.32 Å². The second kappa shape index (κ2) is 5.99. The van der Waals surface area contributed by atoms with Gasteiger partial charge in [-0.1, -0.05) is 0 Å². The molecule has 0 saturated heterocycles. The molecule has 0 saturated carbocycles. The van der Waals surface area contributed by atoms with E-state index in [9.17, 15) is 14.4 Å². The Kier molecular flexibility index (Phi) is 3.72. The van der Waals surface area contributed by atoms with Gasteiger partial charge in [0, 0.05) is 0 Å². The zero-order valence-corrected chi connectivity index (χ0v) is 11.7. The van der Waals surface area contributed by atoms with Crippen LogP contribution in [0.1, 0.15) is 0 Å². The number of carboxylic acid groups (broad SMARTS) is 1. The lowest BCUT2D eigenvalue weighted by Crippen LogP contribution is -2.16. The molecule has 13 nitrogen and oxygen atoms in total. The molecule has 0 aromatic carbocycles. The van der Waals surface area contributed by atoms with Gasteiger partial charge in [0.25, 0.3) is 11.1 Å². The number of hydrogen-bond acceptors (Lipinski definition) is 7. The second-order valence-corrected chi connectivity index (χ2v) is 4.28. The zero-order chi connectivity index (χ0) is 17.1. The smallest absolute Gasteiger partial charge is 0.411 e. The number of anilines is 1. The maximum Gasteiger partial charge on any atom is 0.411 e. The molecule has 0 radical (unpaired) electrons. The van der Waals surface area contributed by atoms with Crippen LogP contribution in [0.5, 0.6) is 0 Å². The van der Waals surface area contributed by atoms with Crippen LogP contribution in [-0.4, -0.2) is 51.1 Å². The monoisotopic (exact) mass is 331 g/mol. The zero-order valence-electron chi connectivity index (χ0n) is 11.7. The van der Waals surface area contributed by atoms with Crippen molar-refractivity contribution in [1.29, 1.82) is 0 Å². The number of hydrogen-bond donors (Lipinski definition) is 6. The third-order valence-corrected chi connectivity index (χ3v) is 2.75. The summed E-state index contributed by atoms with van der Waals surface area (Å²) in [7, 11) is 0. The fraction of sp³-hybridized carbons (Fsp3) is 0. The highest BCUT2D eigenvalue weighted by Crippen LogP contribution is 2.02. The van der Waals surface area contributed by atoms with Crippen LogP contribution in [-0.2, 0) is 0 Å². The Bertz CT molecular complexity index is 1120. The minimum Gasteiger partial charge on any atom is -0.465 e. The van der Waals surface area contributed by atoms with E-state index < -0.39 is 11.7 Å². The van der Waals surface area contributed by atoms with Gasteiger partial charge in [-0.3, -0.25) is 19.9 Å². The van der Waals surface area contributed by atoms with E-state index in [0.717, 1.165) is 0 Å². The predicted molar refractivity (Wildman–Crippen MR) is 80.7 cm³/mol. The van der Waals surface area contributed by atoms with Gasteiger partial charge >= 0.3 is 6.09 Å². The molecule has 0 spiro atoms. The van der Waals surface area contributed by atoms with E-state index >= 15 is 0 Å². The first kappa shape index (κ1) is 14.9. The fourth-order valence-corrected chi connectivity index (χ4v) is 1.78. The molecule has 0 atom stereocenters. The number of rotatable bonds is 1. The lowest BCUT2D eigenvalue weighted by atomic mass is 10.5. The molecular weight excluding hydrogens is 322 g/mol. The number of aromatic nitrogens is 8. The number of amides is 1. The van der Waals surface area contributed by atoms with Crippen molar-refractivity contribution in [3.8, 4) is 0 Å². The highest BCUT2D eigenvalue weighted by molar-refractivity contribution is 5.81. The van der Waals surface area contributed by atoms with Crippen molar-refractivity contribution >= 4 is 34.4 Å². The second-order valence-electron chi connectivity index (χ2n) is 4.28. The molecule has 4 aromatic rings. The molecule has 0 fully saturated rings. The first-order valence-electron chi connectivity index (χ1n) is 6.34. The van der Waals surface area contributed by atoms with Crippen LogP contribution in [0.15, 0.2) is 28.6 Å². The van der Waals surface area contributed by atoms with E-state index in [2.05, 4.69) is 39.9 Å². The maximum absolute atomic E-state index is 11.2. The molecular formula is C11H9N9O4. The summed E-state index contributed by atoms with van der Waals surface area (Å²) in [5, 5.41) is 10.3. The van der Waals surface area contributed by atoms with Crippen molar-refractivity contribution in [2.45, 2.75) is 0 Å². The van der Waals surface area contributed by atoms with Gasteiger partial charge in [-0.2, -0.15) is 4.98 Å². The van der Waals surface area contributed by atoms with Crippen molar-refractivity contribution in [1.82, 2.24) is 39.9 Å². The van der Waals surface area contributed by atoms with Crippen molar-refractivity contribution in [3.05, 3.63) is 39.7 Å². The average molecular weight is 331 g/mol. The quantitative estimate of drug-likeness (QED) is 0.265. The normalized spacial score (nSPS) is 10.3. The number of nitrogens with one attached hydrogen (secondary N) is 5. The number of nitrogens with zero attached hydrogens (tertiary/aromatic N) is 4. The SMILES string of the molecule is O=C(O)Nc1nc2nc[nH]c2c(=O)[nH]1.O=c1[nH]cnc2nc[nH]c12. The molecule has 4 aromatic heterocycles. The Morgan fingerprint density at radius 1 is 0.917 bits per heavy atom. The van der Waals surface area contributed by atoms with Gasteiger partial charge in [-0.05, 0) is 0 Å². The van der Waals surface area contributed by atoms with Gasteiger partial charge in [0.1, 0.15) is 0 Å². The Balaban J connectivity index is 0.000000149. The van der Waals surface area contributed by atoms with Crippen LogP contribution in [0.25, 0.3) is 22.3 Å². The number of fused-ring (bicyclic) bond motifs is 2.